The average molecular weight is 282 g/mol. The van der Waals surface area contributed by atoms with Crippen molar-refractivity contribution in [3.8, 4) is 0 Å². The topological polar surface area (TPSA) is 64.3 Å². The highest BCUT2D eigenvalue weighted by molar-refractivity contribution is 5.78. The Balaban J connectivity index is 1.58. The van der Waals surface area contributed by atoms with E-state index in [2.05, 4.69) is 12.2 Å². The second-order valence-corrected chi connectivity index (χ2v) is 6.57. The summed E-state index contributed by atoms with van der Waals surface area (Å²) in [6.07, 6.45) is 9.58. The van der Waals surface area contributed by atoms with Gasteiger partial charge in [0.1, 0.15) is 0 Å². The fourth-order valence-corrected chi connectivity index (χ4v) is 3.37. The smallest absolute Gasteiger partial charge is 0.223 e. The van der Waals surface area contributed by atoms with Crippen molar-refractivity contribution in [2.75, 3.05) is 13.2 Å². The fourth-order valence-electron chi connectivity index (χ4n) is 3.37. The van der Waals surface area contributed by atoms with Crippen molar-refractivity contribution >= 4 is 5.91 Å². The highest BCUT2D eigenvalue weighted by atomic mass is 16.5. The monoisotopic (exact) mass is 282 g/mol. The van der Waals surface area contributed by atoms with Crippen molar-refractivity contribution in [1.82, 2.24) is 5.32 Å². The molecule has 0 spiro atoms. The molecule has 0 aromatic carbocycles. The first-order chi connectivity index (χ1) is 9.66. The van der Waals surface area contributed by atoms with Crippen LogP contribution in [-0.2, 0) is 9.53 Å². The number of nitrogens with one attached hydrogen (secondary N) is 1. The first-order valence-electron chi connectivity index (χ1n) is 8.31. The SMILES string of the molecule is CC1CCC(C(=O)NCCOC2CCCCC2)CC1N. The lowest BCUT2D eigenvalue weighted by Gasteiger charge is -2.31. The van der Waals surface area contributed by atoms with Crippen LogP contribution in [0.15, 0.2) is 0 Å². The normalized spacial score (nSPS) is 32.0. The second kappa shape index (κ2) is 7.99. The molecule has 0 heterocycles. The summed E-state index contributed by atoms with van der Waals surface area (Å²) in [4.78, 5) is 12.1. The minimum absolute atomic E-state index is 0.107. The molecule has 2 fully saturated rings. The molecule has 3 N–H and O–H groups in total. The molecule has 0 saturated heterocycles. The summed E-state index contributed by atoms with van der Waals surface area (Å²) in [6, 6.07) is 0.179. The van der Waals surface area contributed by atoms with E-state index in [1.165, 1.54) is 32.1 Å². The highest BCUT2D eigenvalue weighted by Gasteiger charge is 2.29. The van der Waals surface area contributed by atoms with Crippen LogP contribution in [0.25, 0.3) is 0 Å². The minimum atomic E-state index is 0.107. The molecule has 2 rings (SSSR count). The molecule has 2 aliphatic carbocycles. The number of carbonyl (C=O) groups is 1. The van der Waals surface area contributed by atoms with Gasteiger partial charge in [-0.25, -0.2) is 0 Å². The standard InChI is InChI=1S/C16H30N2O2/c1-12-7-8-13(11-15(12)17)16(19)18-9-10-20-14-5-3-2-4-6-14/h12-15H,2-11,17H2,1H3,(H,18,19). The van der Waals surface area contributed by atoms with E-state index in [1.54, 1.807) is 0 Å². The molecule has 4 nitrogen and oxygen atoms in total. The van der Waals surface area contributed by atoms with Crippen LogP contribution in [0, 0.1) is 11.8 Å². The predicted molar refractivity (Wildman–Crippen MR) is 80.3 cm³/mol. The van der Waals surface area contributed by atoms with Crippen LogP contribution in [0.2, 0.25) is 0 Å². The van der Waals surface area contributed by atoms with Gasteiger partial charge in [0, 0.05) is 18.5 Å². The van der Waals surface area contributed by atoms with Crippen LogP contribution in [0.1, 0.15) is 58.3 Å². The zero-order chi connectivity index (χ0) is 14.4. The van der Waals surface area contributed by atoms with Crippen molar-refractivity contribution in [3.63, 3.8) is 0 Å². The van der Waals surface area contributed by atoms with Crippen LogP contribution in [0.4, 0.5) is 0 Å². The van der Waals surface area contributed by atoms with Crippen molar-refractivity contribution in [1.29, 1.82) is 0 Å². The van der Waals surface area contributed by atoms with Gasteiger partial charge in [0.25, 0.3) is 0 Å². The highest BCUT2D eigenvalue weighted by Crippen LogP contribution is 2.27. The quantitative estimate of drug-likeness (QED) is 0.760. The number of hydrogen-bond acceptors (Lipinski definition) is 3. The van der Waals surface area contributed by atoms with Gasteiger partial charge in [-0.2, -0.15) is 0 Å². The Kier molecular flexibility index (Phi) is 6.30. The number of carbonyl (C=O) groups excluding carboxylic acids is 1. The maximum absolute atomic E-state index is 12.1. The van der Waals surface area contributed by atoms with Gasteiger partial charge < -0.3 is 15.8 Å². The number of ether oxygens (including phenoxy) is 1. The van der Waals surface area contributed by atoms with Crippen LogP contribution < -0.4 is 11.1 Å². The van der Waals surface area contributed by atoms with Gasteiger partial charge in [-0.1, -0.05) is 26.2 Å². The zero-order valence-electron chi connectivity index (χ0n) is 12.8. The van der Waals surface area contributed by atoms with Gasteiger partial charge in [0.2, 0.25) is 5.91 Å². The van der Waals surface area contributed by atoms with Crippen LogP contribution in [0.5, 0.6) is 0 Å². The van der Waals surface area contributed by atoms with Gasteiger partial charge in [-0.05, 0) is 38.0 Å². The van der Waals surface area contributed by atoms with Gasteiger partial charge in [0.15, 0.2) is 0 Å². The Bertz CT molecular complexity index is 303. The summed E-state index contributed by atoms with van der Waals surface area (Å²) < 4.78 is 5.82. The van der Waals surface area contributed by atoms with Gasteiger partial charge >= 0.3 is 0 Å². The number of amides is 1. The number of rotatable bonds is 5. The summed E-state index contributed by atoms with van der Waals surface area (Å²) in [5, 5.41) is 3.01. The summed E-state index contributed by atoms with van der Waals surface area (Å²) in [7, 11) is 0. The molecule has 3 atom stereocenters. The van der Waals surface area contributed by atoms with E-state index >= 15 is 0 Å². The third kappa shape index (κ3) is 4.74. The van der Waals surface area contributed by atoms with Gasteiger partial charge in [-0.3, -0.25) is 4.79 Å². The molecule has 0 aliphatic heterocycles. The van der Waals surface area contributed by atoms with Crippen molar-refractivity contribution in [3.05, 3.63) is 0 Å². The van der Waals surface area contributed by atoms with E-state index in [1.807, 2.05) is 0 Å². The molecule has 0 bridgehead atoms. The molecule has 3 unspecified atom stereocenters. The lowest BCUT2D eigenvalue weighted by atomic mass is 9.79. The molecular formula is C16H30N2O2. The van der Waals surface area contributed by atoms with Crippen molar-refractivity contribution in [2.45, 2.75) is 70.4 Å². The lowest BCUT2D eigenvalue weighted by Crippen LogP contribution is -2.42. The van der Waals surface area contributed by atoms with Gasteiger partial charge in [-0.15, -0.1) is 0 Å². The first kappa shape index (κ1) is 15.8. The maximum Gasteiger partial charge on any atom is 0.223 e. The molecular weight excluding hydrogens is 252 g/mol. The minimum Gasteiger partial charge on any atom is -0.376 e. The molecule has 0 aromatic rings. The van der Waals surface area contributed by atoms with Gasteiger partial charge in [0.05, 0.1) is 12.7 Å². The summed E-state index contributed by atoms with van der Waals surface area (Å²) in [6.45, 7) is 3.46. The van der Waals surface area contributed by atoms with E-state index in [0.29, 0.717) is 25.2 Å². The number of hydrogen-bond donors (Lipinski definition) is 2. The molecule has 0 aromatic heterocycles. The summed E-state index contributed by atoms with van der Waals surface area (Å²) in [5.74, 6) is 0.823. The van der Waals surface area contributed by atoms with E-state index < -0.39 is 0 Å². The zero-order valence-corrected chi connectivity index (χ0v) is 12.8. The Labute approximate surface area is 122 Å². The van der Waals surface area contributed by atoms with Crippen molar-refractivity contribution < 1.29 is 9.53 Å². The Morgan fingerprint density at radius 3 is 2.65 bits per heavy atom. The van der Waals surface area contributed by atoms with Crippen LogP contribution in [0.3, 0.4) is 0 Å². The molecule has 0 radical (unpaired) electrons. The molecule has 4 heteroatoms. The third-order valence-electron chi connectivity index (χ3n) is 4.94. The van der Waals surface area contributed by atoms with Crippen LogP contribution in [-0.4, -0.2) is 31.2 Å². The molecule has 116 valence electrons. The van der Waals surface area contributed by atoms with E-state index in [9.17, 15) is 4.79 Å². The summed E-state index contributed by atoms with van der Waals surface area (Å²) >= 11 is 0. The predicted octanol–water partition coefficient (Wildman–Crippen LogP) is 2.22. The van der Waals surface area contributed by atoms with E-state index in [-0.39, 0.29) is 17.9 Å². The number of nitrogens with two attached hydrogens (primary N) is 1. The Morgan fingerprint density at radius 2 is 1.95 bits per heavy atom. The van der Waals surface area contributed by atoms with E-state index in [0.717, 1.165) is 19.3 Å². The first-order valence-corrected chi connectivity index (χ1v) is 8.31. The average Bonchev–Trinajstić information content (AvgIpc) is 2.47. The fraction of sp³-hybridized carbons (Fsp3) is 0.938. The molecule has 1 amide bonds. The third-order valence-corrected chi connectivity index (χ3v) is 4.94. The lowest BCUT2D eigenvalue weighted by molar-refractivity contribution is -0.126. The Morgan fingerprint density at radius 1 is 1.20 bits per heavy atom. The van der Waals surface area contributed by atoms with E-state index in [4.69, 9.17) is 10.5 Å². The molecule has 2 aliphatic rings. The molecule has 2 saturated carbocycles. The van der Waals surface area contributed by atoms with Crippen molar-refractivity contribution in [2.24, 2.45) is 17.6 Å². The molecule has 20 heavy (non-hydrogen) atoms. The largest absolute Gasteiger partial charge is 0.376 e. The summed E-state index contributed by atoms with van der Waals surface area (Å²) in [5.41, 5.74) is 6.05. The van der Waals surface area contributed by atoms with Crippen LogP contribution >= 0.6 is 0 Å². The Hall–Kier alpha value is -0.610. The second-order valence-electron chi connectivity index (χ2n) is 6.57. The maximum atomic E-state index is 12.1.